The van der Waals surface area contributed by atoms with E-state index in [4.69, 9.17) is 4.99 Å². The second-order valence-corrected chi connectivity index (χ2v) is 6.45. The first kappa shape index (κ1) is 16.3. The number of rotatable bonds is 6. The van der Waals surface area contributed by atoms with Gasteiger partial charge in [0, 0.05) is 25.7 Å². The number of nitrogens with one attached hydrogen (secondary N) is 2. The summed E-state index contributed by atoms with van der Waals surface area (Å²) in [7, 11) is 0. The lowest BCUT2D eigenvalue weighted by molar-refractivity contribution is 0.183. The second-order valence-electron chi connectivity index (χ2n) is 6.45. The molecule has 0 amide bonds. The first-order valence-electron chi connectivity index (χ1n) is 8.70. The van der Waals surface area contributed by atoms with Gasteiger partial charge in [0.05, 0.1) is 0 Å². The summed E-state index contributed by atoms with van der Waals surface area (Å²) in [4.78, 5) is 7.32. The van der Waals surface area contributed by atoms with Gasteiger partial charge in [-0.05, 0) is 58.0 Å². The maximum Gasteiger partial charge on any atom is 0.191 e. The van der Waals surface area contributed by atoms with Crippen molar-refractivity contribution < 1.29 is 0 Å². The molecule has 0 spiro atoms. The summed E-state index contributed by atoms with van der Waals surface area (Å²) < 4.78 is 0. The molecular formula is C17H32N4. The van der Waals surface area contributed by atoms with Crippen molar-refractivity contribution in [3.63, 3.8) is 0 Å². The predicted molar refractivity (Wildman–Crippen MR) is 90.7 cm³/mol. The number of piperidine rings is 1. The van der Waals surface area contributed by atoms with Crippen molar-refractivity contribution in [1.29, 1.82) is 0 Å². The van der Waals surface area contributed by atoms with Crippen molar-refractivity contribution in [3.05, 3.63) is 12.2 Å². The Balaban J connectivity index is 1.66. The van der Waals surface area contributed by atoms with Gasteiger partial charge in [0.25, 0.3) is 0 Å². The molecule has 4 heteroatoms. The first-order chi connectivity index (χ1) is 10.3. The van der Waals surface area contributed by atoms with Crippen LogP contribution in [0.15, 0.2) is 17.1 Å². The van der Waals surface area contributed by atoms with E-state index >= 15 is 0 Å². The number of hydrogen-bond acceptors (Lipinski definition) is 2. The van der Waals surface area contributed by atoms with Crippen molar-refractivity contribution in [2.45, 2.75) is 52.0 Å². The summed E-state index contributed by atoms with van der Waals surface area (Å²) in [5.41, 5.74) is 0. The Labute approximate surface area is 130 Å². The summed E-state index contributed by atoms with van der Waals surface area (Å²) in [6, 6.07) is 0.533. The maximum absolute atomic E-state index is 4.72. The Morgan fingerprint density at radius 2 is 2.14 bits per heavy atom. The van der Waals surface area contributed by atoms with E-state index in [1.807, 2.05) is 0 Å². The zero-order valence-electron chi connectivity index (χ0n) is 13.8. The van der Waals surface area contributed by atoms with Gasteiger partial charge in [0.15, 0.2) is 5.96 Å². The summed E-state index contributed by atoms with van der Waals surface area (Å²) in [6.45, 7) is 10.1. The van der Waals surface area contributed by atoms with Crippen LogP contribution in [-0.4, -0.2) is 49.6 Å². The summed E-state index contributed by atoms with van der Waals surface area (Å²) in [6.07, 6.45) is 10.7. The highest BCUT2D eigenvalue weighted by atomic mass is 15.2. The van der Waals surface area contributed by atoms with Crippen LogP contribution in [0.4, 0.5) is 0 Å². The van der Waals surface area contributed by atoms with Crippen LogP contribution < -0.4 is 10.6 Å². The van der Waals surface area contributed by atoms with Crippen LogP contribution >= 0.6 is 0 Å². The van der Waals surface area contributed by atoms with Gasteiger partial charge in [-0.25, -0.2) is 0 Å². The number of likely N-dealkylation sites (tertiary alicyclic amines) is 1. The van der Waals surface area contributed by atoms with Gasteiger partial charge in [-0.3, -0.25) is 4.99 Å². The number of guanidine groups is 1. The third-order valence-electron chi connectivity index (χ3n) is 4.34. The van der Waals surface area contributed by atoms with E-state index in [-0.39, 0.29) is 0 Å². The zero-order chi connectivity index (χ0) is 14.9. The fraction of sp³-hybridized carbons (Fsp3) is 0.824. The number of aliphatic imine (C=N–C) groups is 1. The van der Waals surface area contributed by atoms with Crippen molar-refractivity contribution in [2.75, 3.05) is 32.7 Å². The molecule has 1 fully saturated rings. The Morgan fingerprint density at radius 1 is 1.33 bits per heavy atom. The molecule has 1 aliphatic heterocycles. The van der Waals surface area contributed by atoms with Crippen molar-refractivity contribution in [1.82, 2.24) is 15.5 Å². The first-order valence-corrected chi connectivity index (χ1v) is 8.70. The number of nitrogens with zero attached hydrogens (tertiary/aromatic N) is 2. The minimum Gasteiger partial charge on any atom is -0.357 e. The minimum absolute atomic E-state index is 0.533. The summed E-state index contributed by atoms with van der Waals surface area (Å²) in [5.74, 6) is 1.86. The molecule has 1 saturated heterocycles. The molecule has 2 N–H and O–H groups in total. The topological polar surface area (TPSA) is 39.7 Å². The molecular weight excluding hydrogens is 260 g/mol. The van der Waals surface area contributed by atoms with Crippen LogP contribution in [-0.2, 0) is 0 Å². The molecule has 0 radical (unpaired) electrons. The highest BCUT2D eigenvalue weighted by Crippen LogP contribution is 2.15. The van der Waals surface area contributed by atoms with Gasteiger partial charge >= 0.3 is 0 Å². The van der Waals surface area contributed by atoms with E-state index in [0.29, 0.717) is 6.04 Å². The van der Waals surface area contributed by atoms with Crippen LogP contribution in [0.5, 0.6) is 0 Å². The molecule has 2 aliphatic rings. The van der Waals surface area contributed by atoms with E-state index in [9.17, 15) is 0 Å². The van der Waals surface area contributed by atoms with Gasteiger partial charge in [0.2, 0.25) is 0 Å². The Morgan fingerprint density at radius 3 is 2.86 bits per heavy atom. The lowest BCUT2D eigenvalue weighted by Crippen LogP contribution is -2.42. The highest BCUT2D eigenvalue weighted by Gasteiger charge is 2.15. The molecule has 120 valence electrons. The average molecular weight is 292 g/mol. The van der Waals surface area contributed by atoms with Gasteiger partial charge in [-0.15, -0.1) is 0 Å². The van der Waals surface area contributed by atoms with Crippen molar-refractivity contribution in [3.8, 4) is 0 Å². The van der Waals surface area contributed by atoms with Crippen LogP contribution in [0.2, 0.25) is 0 Å². The van der Waals surface area contributed by atoms with Crippen LogP contribution in [0.3, 0.4) is 0 Å². The molecule has 2 rings (SSSR count). The van der Waals surface area contributed by atoms with Gasteiger partial charge in [0.1, 0.15) is 0 Å². The molecule has 0 aromatic heterocycles. The lowest BCUT2D eigenvalue weighted by atomic mass is 10.0. The minimum atomic E-state index is 0.533. The van der Waals surface area contributed by atoms with Crippen LogP contribution in [0, 0.1) is 5.92 Å². The Hall–Kier alpha value is -1.03. The fourth-order valence-electron chi connectivity index (χ4n) is 3.22. The molecule has 4 nitrogen and oxygen atoms in total. The fourth-order valence-corrected chi connectivity index (χ4v) is 3.22. The largest absolute Gasteiger partial charge is 0.357 e. The number of hydrogen-bond donors (Lipinski definition) is 2. The van der Waals surface area contributed by atoms with E-state index in [1.165, 1.54) is 32.5 Å². The van der Waals surface area contributed by atoms with E-state index in [0.717, 1.165) is 44.2 Å². The lowest BCUT2D eigenvalue weighted by Gasteiger charge is -2.30. The molecule has 0 aromatic carbocycles. The molecule has 0 bridgehead atoms. The Bertz CT molecular complexity index is 343. The standard InChI is InChI=1S/C17H32N4/c1-3-18-17(20-16-9-4-5-10-16)19-11-7-13-21-12-6-8-15(2)14-21/h4-5,15-16H,3,6-14H2,1-2H3,(H2,18,19,20). The van der Waals surface area contributed by atoms with Gasteiger partial charge in [-0.1, -0.05) is 19.1 Å². The highest BCUT2D eigenvalue weighted by molar-refractivity contribution is 5.80. The van der Waals surface area contributed by atoms with Crippen LogP contribution in [0.1, 0.15) is 46.0 Å². The SMILES string of the molecule is CCNC(=NCCCN1CCCC(C)C1)NC1CC=CC1. The average Bonchev–Trinajstić information content (AvgIpc) is 2.97. The molecule has 21 heavy (non-hydrogen) atoms. The van der Waals surface area contributed by atoms with Gasteiger partial charge < -0.3 is 15.5 Å². The summed E-state index contributed by atoms with van der Waals surface area (Å²) >= 11 is 0. The van der Waals surface area contributed by atoms with Crippen molar-refractivity contribution in [2.24, 2.45) is 10.9 Å². The van der Waals surface area contributed by atoms with E-state index < -0.39 is 0 Å². The normalized spacial score (nSPS) is 24.5. The monoisotopic (exact) mass is 292 g/mol. The van der Waals surface area contributed by atoms with Gasteiger partial charge in [-0.2, -0.15) is 0 Å². The van der Waals surface area contributed by atoms with E-state index in [2.05, 4.69) is 41.5 Å². The molecule has 1 atom stereocenters. The third-order valence-corrected chi connectivity index (χ3v) is 4.34. The smallest absolute Gasteiger partial charge is 0.191 e. The third kappa shape index (κ3) is 6.08. The molecule has 1 unspecified atom stereocenters. The Kier molecular flexibility index (Phi) is 7.07. The molecule has 0 saturated carbocycles. The molecule has 0 aromatic rings. The molecule has 1 heterocycles. The predicted octanol–water partition coefficient (Wildman–Crippen LogP) is 2.38. The zero-order valence-corrected chi connectivity index (χ0v) is 13.8. The van der Waals surface area contributed by atoms with E-state index in [1.54, 1.807) is 0 Å². The van der Waals surface area contributed by atoms with Crippen molar-refractivity contribution >= 4 is 5.96 Å². The summed E-state index contributed by atoms with van der Waals surface area (Å²) in [5, 5.41) is 6.88. The quantitative estimate of drug-likeness (QED) is 0.342. The second kappa shape index (κ2) is 9.08. The maximum atomic E-state index is 4.72. The van der Waals surface area contributed by atoms with Crippen LogP contribution in [0.25, 0.3) is 0 Å². The molecule has 1 aliphatic carbocycles.